The minimum absolute atomic E-state index is 0.0111. The van der Waals surface area contributed by atoms with Gasteiger partial charge >= 0.3 is 5.97 Å². The Kier molecular flexibility index (Phi) is 4.51. The van der Waals surface area contributed by atoms with Gasteiger partial charge in [0.15, 0.2) is 15.7 Å². The molecule has 2 heterocycles. The highest BCUT2D eigenvalue weighted by Gasteiger charge is 2.35. The van der Waals surface area contributed by atoms with Crippen molar-refractivity contribution in [1.29, 1.82) is 0 Å². The van der Waals surface area contributed by atoms with E-state index in [4.69, 9.17) is 0 Å². The number of anilines is 1. The SMILES string of the molecule is CCN(c1nn(-c2cccc(C)c2)nc1C(=O)O)C1CCS(=O)(=O)C1. The standard InChI is InChI=1S/C16H20N4O4S/c1-3-19(13-7-8-25(23,24)10-13)15-14(16(21)22)17-20(18-15)12-6-4-5-11(2)9-12/h4-6,9,13H,3,7-8,10H2,1-2H3,(H,21,22). The van der Waals surface area contributed by atoms with Crippen LogP contribution in [0.3, 0.4) is 0 Å². The van der Waals surface area contributed by atoms with E-state index < -0.39 is 15.8 Å². The molecule has 3 rings (SSSR count). The molecule has 1 atom stereocenters. The van der Waals surface area contributed by atoms with Crippen molar-refractivity contribution in [2.45, 2.75) is 26.3 Å². The van der Waals surface area contributed by atoms with Crippen molar-refractivity contribution in [1.82, 2.24) is 15.0 Å². The zero-order chi connectivity index (χ0) is 18.2. The summed E-state index contributed by atoms with van der Waals surface area (Å²) in [5.41, 5.74) is 1.49. The number of rotatable bonds is 5. The fourth-order valence-corrected chi connectivity index (χ4v) is 4.83. The van der Waals surface area contributed by atoms with Gasteiger partial charge in [-0.25, -0.2) is 13.2 Å². The zero-order valence-electron chi connectivity index (χ0n) is 14.1. The molecule has 134 valence electrons. The van der Waals surface area contributed by atoms with Crippen LogP contribution in [0, 0.1) is 6.92 Å². The summed E-state index contributed by atoms with van der Waals surface area (Å²) in [5.74, 6) is -0.855. The molecule has 9 heteroatoms. The van der Waals surface area contributed by atoms with Crippen molar-refractivity contribution >= 4 is 21.6 Å². The topological polar surface area (TPSA) is 105 Å². The average molecular weight is 364 g/mol. The van der Waals surface area contributed by atoms with E-state index in [-0.39, 0.29) is 29.1 Å². The molecule has 25 heavy (non-hydrogen) atoms. The Balaban J connectivity index is 2.03. The number of hydrogen-bond donors (Lipinski definition) is 1. The van der Waals surface area contributed by atoms with Gasteiger partial charge in [0.1, 0.15) is 0 Å². The highest BCUT2D eigenvalue weighted by Crippen LogP contribution is 2.26. The Morgan fingerprint density at radius 1 is 1.40 bits per heavy atom. The minimum Gasteiger partial charge on any atom is -0.476 e. The molecule has 1 aromatic heterocycles. The molecule has 0 bridgehead atoms. The number of carboxylic acids is 1. The quantitative estimate of drug-likeness (QED) is 0.852. The predicted molar refractivity (Wildman–Crippen MR) is 93.1 cm³/mol. The van der Waals surface area contributed by atoms with Crippen molar-refractivity contribution in [3.05, 3.63) is 35.5 Å². The molecule has 1 aliphatic rings. The van der Waals surface area contributed by atoms with Gasteiger partial charge in [-0.2, -0.15) is 0 Å². The van der Waals surface area contributed by atoms with Crippen LogP contribution in [0.2, 0.25) is 0 Å². The molecule has 0 radical (unpaired) electrons. The first kappa shape index (κ1) is 17.4. The third kappa shape index (κ3) is 3.51. The maximum atomic E-state index is 11.8. The highest BCUT2D eigenvalue weighted by molar-refractivity contribution is 7.91. The van der Waals surface area contributed by atoms with E-state index >= 15 is 0 Å². The van der Waals surface area contributed by atoms with Crippen molar-refractivity contribution in [3.63, 3.8) is 0 Å². The fourth-order valence-electron chi connectivity index (χ4n) is 3.10. The lowest BCUT2D eigenvalue weighted by Crippen LogP contribution is -2.37. The van der Waals surface area contributed by atoms with Crippen LogP contribution < -0.4 is 4.90 Å². The number of carbonyl (C=O) groups is 1. The number of carboxylic acid groups (broad SMARTS) is 1. The van der Waals surface area contributed by atoms with E-state index in [0.29, 0.717) is 18.7 Å². The van der Waals surface area contributed by atoms with Gasteiger partial charge in [0.05, 0.1) is 17.2 Å². The molecule has 1 aromatic carbocycles. The zero-order valence-corrected chi connectivity index (χ0v) is 14.9. The van der Waals surface area contributed by atoms with Crippen LogP contribution >= 0.6 is 0 Å². The maximum absolute atomic E-state index is 11.8. The van der Waals surface area contributed by atoms with E-state index in [2.05, 4.69) is 10.2 Å². The molecule has 0 saturated carbocycles. The molecule has 1 N–H and O–H groups in total. The molecule has 1 aliphatic heterocycles. The first-order chi connectivity index (χ1) is 11.8. The number of nitrogens with zero attached hydrogens (tertiary/aromatic N) is 4. The number of aromatic nitrogens is 3. The van der Waals surface area contributed by atoms with E-state index in [9.17, 15) is 18.3 Å². The summed E-state index contributed by atoms with van der Waals surface area (Å²) in [6, 6.07) is 7.13. The Bertz CT molecular complexity index is 907. The number of aryl methyl sites for hydroxylation is 1. The van der Waals surface area contributed by atoms with Gasteiger partial charge in [-0.15, -0.1) is 15.0 Å². The fraction of sp³-hybridized carbons (Fsp3) is 0.438. The average Bonchev–Trinajstić information content (AvgIpc) is 3.12. The van der Waals surface area contributed by atoms with Crippen LogP contribution in [0.25, 0.3) is 5.69 Å². The summed E-state index contributed by atoms with van der Waals surface area (Å²) in [6.07, 6.45) is 0.465. The number of benzene rings is 1. The van der Waals surface area contributed by atoms with Gasteiger partial charge in [-0.05, 0) is 38.0 Å². The third-order valence-electron chi connectivity index (χ3n) is 4.29. The smallest absolute Gasteiger partial charge is 0.360 e. The lowest BCUT2D eigenvalue weighted by molar-refractivity contribution is 0.0690. The van der Waals surface area contributed by atoms with Gasteiger partial charge in [-0.1, -0.05) is 12.1 Å². The van der Waals surface area contributed by atoms with Gasteiger partial charge in [-0.3, -0.25) is 0 Å². The lowest BCUT2D eigenvalue weighted by atomic mass is 10.2. The monoisotopic (exact) mass is 364 g/mol. The highest BCUT2D eigenvalue weighted by atomic mass is 32.2. The lowest BCUT2D eigenvalue weighted by Gasteiger charge is -2.26. The molecule has 1 unspecified atom stereocenters. The minimum atomic E-state index is -3.09. The van der Waals surface area contributed by atoms with Gasteiger partial charge < -0.3 is 10.0 Å². The number of hydrogen-bond acceptors (Lipinski definition) is 6. The first-order valence-electron chi connectivity index (χ1n) is 8.05. The van der Waals surface area contributed by atoms with Crippen molar-refractivity contribution in [2.24, 2.45) is 0 Å². The number of aromatic carboxylic acids is 1. The molecule has 8 nitrogen and oxygen atoms in total. The molecule has 1 fully saturated rings. The van der Waals surface area contributed by atoms with Crippen LogP contribution in [-0.2, 0) is 9.84 Å². The molecular formula is C16H20N4O4S. The van der Waals surface area contributed by atoms with Crippen molar-refractivity contribution < 1.29 is 18.3 Å². The van der Waals surface area contributed by atoms with E-state index in [0.717, 1.165) is 5.56 Å². The van der Waals surface area contributed by atoms with Crippen LogP contribution in [0.1, 0.15) is 29.4 Å². The molecule has 1 saturated heterocycles. The van der Waals surface area contributed by atoms with Gasteiger partial charge in [0, 0.05) is 12.6 Å². The normalized spacial score (nSPS) is 19.0. The van der Waals surface area contributed by atoms with Crippen molar-refractivity contribution in [3.8, 4) is 5.69 Å². The summed E-state index contributed by atoms with van der Waals surface area (Å²) >= 11 is 0. The van der Waals surface area contributed by atoms with Gasteiger partial charge in [0.25, 0.3) is 0 Å². The van der Waals surface area contributed by atoms with E-state index in [1.807, 2.05) is 32.0 Å². The molecule has 0 aliphatic carbocycles. The predicted octanol–water partition coefficient (Wildman–Crippen LogP) is 1.29. The summed E-state index contributed by atoms with van der Waals surface area (Å²) in [6.45, 7) is 4.23. The largest absolute Gasteiger partial charge is 0.476 e. The van der Waals surface area contributed by atoms with Crippen LogP contribution in [-0.4, -0.2) is 58.6 Å². The second kappa shape index (κ2) is 6.47. The van der Waals surface area contributed by atoms with Crippen LogP contribution in [0.15, 0.2) is 24.3 Å². The van der Waals surface area contributed by atoms with Gasteiger partial charge in [0.2, 0.25) is 5.69 Å². The summed E-state index contributed by atoms with van der Waals surface area (Å²) < 4.78 is 23.6. The Morgan fingerprint density at radius 3 is 2.72 bits per heavy atom. The number of sulfone groups is 1. The molecule has 0 amide bonds. The Hall–Kier alpha value is -2.42. The van der Waals surface area contributed by atoms with E-state index in [1.54, 1.807) is 11.0 Å². The van der Waals surface area contributed by atoms with Crippen molar-refractivity contribution in [2.75, 3.05) is 23.0 Å². The Morgan fingerprint density at radius 2 is 2.16 bits per heavy atom. The molecular weight excluding hydrogens is 344 g/mol. The Labute approximate surface area is 146 Å². The summed E-state index contributed by atoms with van der Waals surface area (Å²) in [5, 5.41) is 18.0. The van der Waals surface area contributed by atoms with Crippen LogP contribution in [0.5, 0.6) is 0 Å². The second-order valence-electron chi connectivity index (χ2n) is 6.15. The summed E-state index contributed by atoms with van der Waals surface area (Å²) in [7, 11) is -3.09. The first-order valence-corrected chi connectivity index (χ1v) is 9.87. The van der Waals surface area contributed by atoms with Crippen LogP contribution in [0.4, 0.5) is 5.82 Å². The molecule has 0 spiro atoms. The maximum Gasteiger partial charge on any atom is 0.360 e. The third-order valence-corrected chi connectivity index (χ3v) is 6.04. The second-order valence-corrected chi connectivity index (χ2v) is 8.38. The summed E-state index contributed by atoms with van der Waals surface area (Å²) in [4.78, 5) is 14.7. The molecule has 2 aromatic rings. The van der Waals surface area contributed by atoms with E-state index in [1.165, 1.54) is 4.80 Å².